The third kappa shape index (κ3) is 3.33. The van der Waals surface area contributed by atoms with Crippen LogP contribution in [0.3, 0.4) is 0 Å². The molecule has 0 unspecified atom stereocenters. The number of aromatic nitrogens is 2. The fourth-order valence-corrected chi connectivity index (χ4v) is 3.73. The lowest BCUT2D eigenvalue weighted by Crippen LogP contribution is -2.24. The second kappa shape index (κ2) is 6.72. The highest BCUT2D eigenvalue weighted by molar-refractivity contribution is 7.98. The Labute approximate surface area is 140 Å². The molecule has 0 aliphatic heterocycles. The van der Waals surface area contributed by atoms with Crippen molar-refractivity contribution in [3.05, 3.63) is 57.0 Å². The van der Waals surface area contributed by atoms with E-state index in [9.17, 15) is 18.4 Å². The third-order valence-electron chi connectivity index (χ3n) is 3.85. The molecule has 0 fully saturated rings. The van der Waals surface area contributed by atoms with Crippen LogP contribution in [-0.2, 0) is 29.9 Å². The van der Waals surface area contributed by atoms with Gasteiger partial charge < -0.3 is 9.67 Å². The summed E-state index contributed by atoms with van der Waals surface area (Å²) in [5.41, 5.74) is 1.48. The van der Waals surface area contributed by atoms with Crippen molar-refractivity contribution in [1.29, 1.82) is 0 Å². The molecule has 1 aliphatic rings. The number of carboxylic acid groups (broad SMARTS) is 1. The van der Waals surface area contributed by atoms with Crippen LogP contribution in [0.1, 0.15) is 23.2 Å². The number of carbonyl (C=O) groups is 1. The Bertz CT molecular complexity index is 867. The maximum atomic E-state index is 13.3. The molecule has 0 bridgehead atoms. The summed E-state index contributed by atoms with van der Waals surface area (Å²) in [7, 11) is 0. The fraction of sp³-hybridized carbons (Fsp3) is 0.312. The predicted molar refractivity (Wildman–Crippen MR) is 84.1 cm³/mol. The number of carboxylic acids is 1. The molecular weight excluding hydrogens is 338 g/mol. The first-order chi connectivity index (χ1) is 11.5. The van der Waals surface area contributed by atoms with Crippen LogP contribution in [0.5, 0.6) is 0 Å². The standard InChI is InChI=1S/C16H14F2N2O3S/c17-11-5-4-9(6-12(11)18)8-24-16-19-15(23)10-2-1-3-13(10)20(16)7-14(21)22/h4-6H,1-3,7-8H2,(H,21,22). The van der Waals surface area contributed by atoms with Gasteiger partial charge in [0.05, 0.1) is 0 Å². The smallest absolute Gasteiger partial charge is 0.323 e. The van der Waals surface area contributed by atoms with Gasteiger partial charge in [0.25, 0.3) is 5.56 Å². The van der Waals surface area contributed by atoms with Crippen molar-refractivity contribution in [2.45, 2.75) is 36.7 Å². The first-order valence-electron chi connectivity index (χ1n) is 7.37. The van der Waals surface area contributed by atoms with Crippen molar-refractivity contribution < 1.29 is 18.7 Å². The lowest BCUT2D eigenvalue weighted by atomic mass is 10.2. The summed E-state index contributed by atoms with van der Waals surface area (Å²) in [4.78, 5) is 27.2. The van der Waals surface area contributed by atoms with E-state index in [4.69, 9.17) is 5.11 Å². The SMILES string of the molecule is O=C(O)Cn1c(SCc2ccc(F)c(F)c2)nc(=O)c2c1CCC2. The first-order valence-corrected chi connectivity index (χ1v) is 8.35. The van der Waals surface area contributed by atoms with Gasteiger partial charge in [-0.1, -0.05) is 17.8 Å². The van der Waals surface area contributed by atoms with Crippen molar-refractivity contribution in [3.63, 3.8) is 0 Å². The van der Waals surface area contributed by atoms with Crippen molar-refractivity contribution in [2.24, 2.45) is 0 Å². The van der Waals surface area contributed by atoms with Crippen molar-refractivity contribution >= 4 is 17.7 Å². The molecule has 8 heteroatoms. The first kappa shape index (κ1) is 16.6. The summed E-state index contributed by atoms with van der Waals surface area (Å²) in [6.45, 7) is -0.282. The van der Waals surface area contributed by atoms with E-state index in [-0.39, 0.29) is 23.0 Å². The number of halogens is 2. The van der Waals surface area contributed by atoms with Crippen molar-refractivity contribution in [2.75, 3.05) is 0 Å². The molecule has 0 saturated carbocycles. The van der Waals surface area contributed by atoms with Crippen LogP contribution >= 0.6 is 11.8 Å². The molecule has 0 radical (unpaired) electrons. The highest BCUT2D eigenvalue weighted by Gasteiger charge is 2.22. The quantitative estimate of drug-likeness (QED) is 0.661. The predicted octanol–water partition coefficient (Wildman–Crippen LogP) is 2.39. The zero-order valence-corrected chi connectivity index (χ0v) is 13.4. The minimum Gasteiger partial charge on any atom is -0.480 e. The van der Waals surface area contributed by atoms with E-state index in [1.165, 1.54) is 10.6 Å². The van der Waals surface area contributed by atoms with Gasteiger partial charge in [0.2, 0.25) is 0 Å². The Balaban J connectivity index is 1.92. The Hall–Kier alpha value is -2.22. The van der Waals surface area contributed by atoms with E-state index in [0.717, 1.165) is 30.3 Å². The van der Waals surface area contributed by atoms with Crippen LogP contribution in [0.4, 0.5) is 8.78 Å². The van der Waals surface area contributed by atoms with Crippen LogP contribution in [0, 0.1) is 11.6 Å². The number of nitrogens with zero attached hydrogens (tertiary/aromatic N) is 2. The number of hydrogen-bond donors (Lipinski definition) is 1. The number of fused-ring (bicyclic) bond motifs is 1. The molecular formula is C16H14F2N2O3S. The molecule has 1 aliphatic carbocycles. The molecule has 0 spiro atoms. The fourth-order valence-electron chi connectivity index (χ4n) is 2.77. The average molecular weight is 352 g/mol. The minimum absolute atomic E-state index is 0.252. The molecule has 2 aromatic rings. The normalized spacial score (nSPS) is 13.1. The second-order valence-electron chi connectivity index (χ2n) is 5.50. The highest BCUT2D eigenvalue weighted by Crippen LogP contribution is 2.26. The van der Waals surface area contributed by atoms with Gasteiger partial charge in [-0.3, -0.25) is 9.59 Å². The molecule has 5 nitrogen and oxygen atoms in total. The number of hydrogen-bond acceptors (Lipinski definition) is 4. The van der Waals surface area contributed by atoms with Gasteiger partial charge in [-0.05, 0) is 37.0 Å². The summed E-state index contributed by atoms with van der Waals surface area (Å²) < 4.78 is 27.8. The number of benzene rings is 1. The summed E-state index contributed by atoms with van der Waals surface area (Å²) >= 11 is 1.14. The maximum absolute atomic E-state index is 13.3. The largest absolute Gasteiger partial charge is 0.480 e. The molecule has 24 heavy (non-hydrogen) atoms. The van der Waals surface area contributed by atoms with E-state index >= 15 is 0 Å². The number of aliphatic carboxylic acids is 1. The van der Waals surface area contributed by atoms with Crippen molar-refractivity contribution in [3.8, 4) is 0 Å². The van der Waals surface area contributed by atoms with Crippen LogP contribution in [0.15, 0.2) is 28.2 Å². The van der Waals surface area contributed by atoms with Gasteiger partial charge >= 0.3 is 5.97 Å². The summed E-state index contributed by atoms with van der Waals surface area (Å²) in [6, 6.07) is 3.56. The molecule has 0 saturated heterocycles. The monoisotopic (exact) mass is 352 g/mol. The minimum atomic E-state index is -1.02. The zero-order chi connectivity index (χ0) is 17.3. The van der Waals surface area contributed by atoms with E-state index in [1.807, 2.05) is 0 Å². The van der Waals surface area contributed by atoms with Gasteiger partial charge in [0.15, 0.2) is 16.8 Å². The summed E-state index contributed by atoms with van der Waals surface area (Å²) in [5.74, 6) is -2.65. The molecule has 1 aromatic heterocycles. The van der Waals surface area contributed by atoms with Gasteiger partial charge in [-0.15, -0.1) is 0 Å². The molecule has 1 N–H and O–H groups in total. The molecule has 1 aromatic carbocycles. The Morgan fingerprint density at radius 2 is 2.08 bits per heavy atom. The number of thioether (sulfide) groups is 1. The Morgan fingerprint density at radius 3 is 2.79 bits per heavy atom. The van der Waals surface area contributed by atoms with Crippen LogP contribution in [0.25, 0.3) is 0 Å². The lowest BCUT2D eigenvalue weighted by molar-refractivity contribution is -0.137. The van der Waals surface area contributed by atoms with E-state index in [0.29, 0.717) is 29.7 Å². The van der Waals surface area contributed by atoms with E-state index in [1.54, 1.807) is 0 Å². The summed E-state index contributed by atoms with van der Waals surface area (Å²) in [6.07, 6.45) is 2.04. The molecule has 1 heterocycles. The second-order valence-corrected chi connectivity index (χ2v) is 6.44. The van der Waals surface area contributed by atoms with Crippen molar-refractivity contribution in [1.82, 2.24) is 9.55 Å². The molecule has 0 amide bonds. The molecule has 126 valence electrons. The van der Waals surface area contributed by atoms with E-state index < -0.39 is 17.6 Å². The van der Waals surface area contributed by atoms with E-state index in [2.05, 4.69) is 4.98 Å². The van der Waals surface area contributed by atoms with Gasteiger partial charge in [0, 0.05) is 17.0 Å². The van der Waals surface area contributed by atoms with Gasteiger partial charge in [-0.2, -0.15) is 4.98 Å². The summed E-state index contributed by atoms with van der Waals surface area (Å²) in [5, 5.41) is 9.40. The lowest BCUT2D eigenvalue weighted by Gasteiger charge is -2.15. The average Bonchev–Trinajstić information content (AvgIpc) is 3.01. The zero-order valence-electron chi connectivity index (χ0n) is 12.6. The van der Waals surface area contributed by atoms with Crippen LogP contribution in [0.2, 0.25) is 0 Å². The van der Waals surface area contributed by atoms with Gasteiger partial charge in [-0.25, -0.2) is 8.78 Å². The molecule has 3 rings (SSSR count). The maximum Gasteiger partial charge on any atom is 0.323 e. The van der Waals surface area contributed by atoms with Gasteiger partial charge in [0.1, 0.15) is 6.54 Å². The Kier molecular flexibility index (Phi) is 4.66. The third-order valence-corrected chi connectivity index (χ3v) is 4.89. The van der Waals surface area contributed by atoms with Crippen LogP contribution < -0.4 is 5.56 Å². The topological polar surface area (TPSA) is 72.2 Å². The number of rotatable bonds is 5. The molecule has 0 atom stereocenters. The van der Waals surface area contributed by atoms with Crippen LogP contribution in [-0.4, -0.2) is 20.6 Å². The highest BCUT2D eigenvalue weighted by atomic mass is 32.2. The Morgan fingerprint density at radius 1 is 1.29 bits per heavy atom.